The number of imidazole rings is 1. The predicted octanol–water partition coefficient (Wildman–Crippen LogP) is 2.61. The fourth-order valence-corrected chi connectivity index (χ4v) is 2.44. The molecule has 16 heavy (non-hydrogen) atoms. The molecule has 0 spiro atoms. The molecule has 86 valence electrons. The van der Waals surface area contributed by atoms with Crippen molar-refractivity contribution in [3.05, 3.63) is 29.9 Å². The van der Waals surface area contributed by atoms with Crippen LogP contribution in [0.4, 0.5) is 0 Å². The lowest BCUT2D eigenvalue weighted by Gasteiger charge is -2.06. The topological polar surface area (TPSA) is 29.9 Å². The molecule has 0 aromatic carbocycles. The summed E-state index contributed by atoms with van der Waals surface area (Å²) in [5.41, 5.74) is 0. The standard InChI is InChI=1S/C12H17N3S/c1-13-6-2-3-8-15-9-7-14-12(15)11-5-4-10-16-11/h4-5,7,9-10,13H,2-3,6,8H2,1H3. The second-order valence-electron chi connectivity index (χ2n) is 3.73. The van der Waals surface area contributed by atoms with Crippen LogP contribution in [-0.2, 0) is 6.54 Å². The molecule has 0 saturated carbocycles. The molecule has 0 atom stereocenters. The molecule has 2 aromatic heterocycles. The molecule has 2 aromatic rings. The molecule has 0 amide bonds. The van der Waals surface area contributed by atoms with Gasteiger partial charge in [-0.1, -0.05) is 6.07 Å². The molecule has 0 bridgehead atoms. The Morgan fingerprint density at radius 1 is 1.44 bits per heavy atom. The summed E-state index contributed by atoms with van der Waals surface area (Å²) in [6.07, 6.45) is 6.34. The summed E-state index contributed by atoms with van der Waals surface area (Å²) in [5.74, 6) is 1.10. The lowest BCUT2D eigenvalue weighted by Crippen LogP contribution is -2.08. The summed E-state index contributed by atoms with van der Waals surface area (Å²) in [6.45, 7) is 2.14. The number of aryl methyl sites for hydroxylation is 1. The van der Waals surface area contributed by atoms with Crippen LogP contribution in [0.1, 0.15) is 12.8 Å². The molecule has 0 saturated heterocycles. The molecule has 3 nitrogen and oxygen atoms in total. The largest absolute Gasteiger partial charge is 0.330 e. The highest BCUT2D eigenvalue weighted by Gasteiger charge is 2.05. The first-order valence-corrected chi connectivity index (χ1v) is 6.49. The second-order valence-corrected chi connectivity index (χ2v) is 4.68. The van der Waals surface area contributed by atoms with Crippen LogP contribution in [0.2, 0.25) is 0 Å². The highest BCUT2D eigenvalue weighted by Crippen LogP contribution is 2.22. The van der Waals surface area contributed by atoms with Gasteiger partial charge in [0.2, 0.25) is 0 Å². The van der Waals surface area contributed by atoms with Crippen molar-refractivity contribution >= 4 is 11.3 Å². The molecule has 0 aliphatic heterocycles. The molecule has 0 radical (unpaired) electrons. The average Bonchev–Trinajstić information content (AvgIpc) is 2.94. The number of hydrogen-bond acceptors (Lipinski definition) is 3. The van der Waals surface area contributed by atoms with E-state index in [1.54, 1.807) is 11.3 Å². The van der Waals surface area contributed by atoms with E-state index in [0.717, 1.165) is 18.9 Å². The lowest BCUT2D eigenvalue weighted by atomic mass is 10.3. The summed E-state index contributed by atoms with van der Waals surface area (Å²) in [7, 11) is 1.99. The fourth-order valence-electron chi connectivity index (χ4n) is 1.70. The zero-order chi connectivity index (χ0) is 11.2. The molecule has 0 aliphatic carbocycles. The van der Waals surface area contributed by atoms with Crippen molar-refractivity contribution in [2.75, 3.05) is 13.6 Å². The van der Waals surface area contributed by atoms with Gasteiger partial charge in [0.25, 0.3) is 0 Å². The maximum Gasteiger partial charge on any atom is 0.149 e. The summed E-state index contributed by atoms with van der Waals surface area (Å²) in [4.78, 5) is 5.66. The second kappa shape index (κ2) is 5.82. The zero-order valence-electron chi connectivity index (χ0n) is 9.52. The van der Waals surface area contributed by atoms with E-state index < -0.39 is 0 Å². The third kappa shape index (κ3) is 2.71. The zero-order valence-corrected chi connectivity index (χ0v) is 10.3. The lowest BCUT2D eigenvalue weighted by molar-refractivity contribution is 0.595. The predicted molar refractivity (Wildman–Crippen MR) is 68.7 cm³/mol. The van der Waals surface area contributed by atoms with Gasteiger partial charge in [0.15, 0.2) is 0 Å². The minimum Gasteiger partial charge on any atom is -0.330 e. The van der Waals surface area contributed by atoms with Crippen molar-refractivity contribution in [1.29, 1.82) is 0 Å². The summed E-state index contributed by atoms with van der Waals surface area (Å²) < 4.78 is 2.24. The highest BCUT2D eigenvalue weighted by molar-refractivity contribution is 7.13. The Balaban J connectivity index is 1.97. The summed E-state index contributed by atoms with van der Waals surface area (Å²) in [6, 6.07) is 4.19. The Kier molecular flexibility index (Phi) is 4.13. The van der Waals surface area contributed by atoms with Crippen molar-refractivity contribution in [3.8, 4) is 10.7 Å². The molecule has 1 N–H and O–H groups in total. The van der Waals surface area contributed by atoms with Gasteiger partial charge in [-0.15, -0.1) is 11.3 Å². The number of hydrogen-bond donors (Lipinski definition) is 1. The first kappa shape index (κ1) is 11.4. The highest BCUT2D eigenvalue weighted by atomic mass is 32.1. The van der Waals surface area contributed by atoms with E-state index in [1.165, 1.54) is 17.7 Å². The summed E-state index contributed by atoms with van der Waals surface area (Å²) >= 11 is 1.74. The minimum atomic E-state index is 1.05. The van der Waals surface area contributed by atoms with Crippen LogP contribution >= 0.6 is 11.3 Å². The van der Waals surface area contributed by atoms with E-state index in [4.69, 9.17) is 0 Å². The van der Waals surface area contributed by atoms with E-state index in [0.29, 0.717) is 0 Å². The van der Waals surface area contributed by atoms with Crippen molar-refractivity contribution in [2.45, 2.75) is 19.4 Å². The Hall–Kier alpha value is -1.13. The summed E-state index contributed by atoms with van der Waals surface area (Å²) in [5, 5.41) is 5.26. The number of rotatable bonds is 6. The number of unbranched alkanes of at least 4 members (excludes halogenated alkanes) is 1. The fraction of sp³-hybridized carbons (Fsp3) is 0.417. The van der Waals surface area contributed by atoms with Gasteiger partial charge >= 0.3 is 0 Å². The molecule has 0 unspecified atom stereocenters. The van der Waals surface area contributed by atoms with Gasteiger partial charge in [0.1, 0.15) is 5.82 Å². The number of thiophene rings is 1. The number of nitrogens with one attached hydrogen (secondary N) is 1. The van der Waals surface area contributed by atoms with E-state index in [9.17, 15) is 0 Å². The maximum absolute atomic E-state index is 4.42. The first-order chi connectivity index (χ1) is 7.92. The molecule has 0 fully saturated rings. The maximum atomic E-state index is 4.42. The first-order valence-electron chi connectivity index (χ1n) is 5.61. The minimum absolute atomic E-state index is 1.05. The Labute approximate surface area is 100 Å². The van der Waals surface area contributed by atoms with E-state index in [-0.39, 0.29) is 0 Å². The Bertz CT molecular complexity index is 406. The van der Waals surface area contributed by atoms with Gasteiger partial charge in [0, 0.05) is 18.9 Å². The van der Waals surface area contributed by atoms with Gasteiger partial charge in [-0.3, -0.25) is 0 Å². The molecule has 2 rings (SSSR count). The smallest absolute Gasteiger partial charge is 0.149 e. The van der Waals surface area contributed by atoms with Gasteiger partial charge < -0.3 is 9.88 Å². The van der Waals surface area contributed by atoms with Gasteiger partial charge in [-0.2, -0.15) is 0 Å². The Morgan fingerprint density at radius 3 is 3.12 bits per heavy atom. The van der Waals surface area contributed by atoms with Gasteiger partial charge in [0.05, 0.1) is 4.88 Å². The molecular formula is C12H17N3S. The molecule has 0 aliphatic rings. The van der Waals surface area contributed by atoms with E-state index in [2.05, 4.69) is 38.6 Å². The third-order valence-electron chi connectivity index (χ3n) is 2.53. The van der Waals surface area contributed by atoms with Crippen molar-refractivity contribution in [3.63, 3.8) is 0 Å². The van der Waals surface area contributed by atoms with Gasteiger partial charge in [-0.05, 0) is 37.9 Å². The number of nitrogens with zero attached hydrogens (tertiary/aromatic N) is 2. The van der Waals surface area contributed by atoms with Crippen LogP contribution in [0.5, 0.6) is 0 Å². The monoisotopic (exact) mass is 235 g/mol. The van der Waals surface area contributed by atoms with Crippen LogP contribution in [0.3, 0.4) is 0 Å². The van der Waals surface area contributed by atoms with Crippen LogP contribution in [0.15, 0.2) is 29.9 Å². The molecular weight excluding hydrogens is 218 g/mol. The van der Waals surface area contributed by atoms with Crippen LogP contribution < -0.4 is 5.32 Å². The quantitative estimate of drug-likeness (QED) is 0.780. The van der Waals surface area contributed by atoms with Crippen LogP contribution in [0, 0.1) is 0 Å². The van der Waals surface area contributed by atoms with Crippen molar-refractivity contribution < 1.29 is 0 Å². The van der Waals surface area contributed by atoms with Gasteiger partial charge in [-0.25, -0.2) is 4.98 Å². The SMILES string of the molecule is CNCCCCn1ccnc1-c1cccs1. The average molecular weight is 235 g/mol. The van der Waals surface area contributed by atoms with E-state index >= 15 is 0 Å². The van der Waals surface area contributed by atoms with Crippen molar-refractivity contribution in [1.82, 2.24) is 14.9 Å². The van der Waals surface area contributed by atoms with E-state index in [1.807, 2.05) is 13.2 Å². The normalized spacial score (nSPS) is 10.8. The third-order valence-corrected chi connectivity index (χ3v) is 3.40. The number of aromatic nitrogens is 2. The molecule has 2 heterocycles. The molecule has 4 heteroatoms. The Morgan fingerprint density at radius 2 is 2.38 bits per heavy atom. The van der Waals surface area contributed by atoms with Crippen LogP contribution in [0.25, 0.3) is 10.7 Å². The van der Waals surface area contributed by atoms with Crippen molar-refractivity contribution in [2.24, 2.45) is 0 Å². The van der Waals surface area contributed by atoms with Crippen LogP contribution in [-0.4, -0.2) is 23.1 Å².